The van der Waals surface area contributed by atoms with Gasteiger partial charge in [-0.3, -0.25) is 9.10 Å². The number of ether oxygens (including phenoxy) is 1. The van der Waals surface area contributed by atoms with Gasteiger partial charge in [-0.05, 0) is 42.3 Å². The zero-order valence-electron chi connectivity index (χ0n) is 14.2. The number of nitrogens with one attached hydrogen (secondary N) is 1. The fraction of sp³-hybridized carbons (Fsp3) is 0.278. The van der Waals surface area contributed by atoms with Crippen molar-refractivity contribution < 1.29 is 17.9 Å². The molecule has 0 spiro atoms. The number of halogens is 1. The molecule has 8 heteroatoms. The lowest BCUT2D eigenvalue weighted by atomic mass is 10.1. The predicted octanol–water partition coefficient (Wildman–Crippen LogP) is 3.07. The predicted molar refractivity (Wildman–Crippen MR) is 103 cm³/mol. The maximum atomic E-state index is 12.2. The molecule has 2 aromatic rings. The summed E-state index contributed by atoms with van der Waals surface area (Å²) in [6.07, 6.45) is 0.795. The third kappa shape index (κ3) is 4.11. The number of amides is 1. The molecule has 1 aliphatic rings. The summed E-state index contributed by atoms with van der Waals surface area (Å²) in [6, 6.07) is 12.1. The lowest BCUT2D eigenvalue weighted by Crippen LogP contribution is -2.25. The van der Waals surface area contributed by atoms with Crippen molar-refractivity contribution in [3.05, 3.63) is 53.1 Å². The second-order valence-electron chi connectivity index (χ2n) is 5.98. The van der Waals surface area contributed by atoms with Crippen LogP contribution in [0.15, 0.2) is 42.5 Å². The Balaban J connectivity index is 1.68. The van der Waals surface area contributed by atoms with E-state index >= 15 is 0 Å². The normalized spacial score (nSPS) is 15.7. The molecule has 6 nitrogen and oxygen atoms in total. The SMILES string of the molecule is COc1ccc(CC(=O)Nc2ccc(N3CCCS3(=O)=O)c(Cl)c2)cc1. The Morgan fingerprint density at radius 3 is 2.54 bits per heavy atom. The van der Waals surface area contributed by atoms with Gasteiger partial charge in [-0.2, -0.15) is 0 Å². The van der Waals surface area contributed by atoms with Gasteiger partial charge >= 0.3 is 0 Å². The van der Waals surface area contributed by atoms with E-state index in [9.17, 15) is 13.2 Å². The first-order valence-corrected chi connectivity index (χ1v) is 10.1. The van der Waals surface area contributed by atoms with Gasteiger partial charge in [-0.15, -0.1) is 0 Å². The Bertz CT molecular complexity index is 913. The molecule has 0 aliphatic carbocycles. The van der Waals surface area contributed by atoms with Crippen molar-refractivity contribution in [1.82, 2.24) is 0 Å². The highest BCUT2D eigenvalue weighted by atomic mass is 35.5. The number of nitrogens with zero attached hydrogens (tertiary/aromatic N) is 1. The average molecular weight is 395 g/mol. The molecule has 0 aromatic heterocycles. The first kappa shape index (κ1) is 18.5. The highest BCUT2D eigenvalue weighted by Gasteiger charge is 2.29. The summed E-state index contributed by atoms with van der Waals surface area (Å²) in [7, 11) is -1.71. The maximum absolute atomic E-state index is 12.2. The molecule has 0 atom stereocenters. The number of rotatable bonds is 5. The molecular formula is C18H19ClN2O4S. The van der Waals surface area contributed by atoms with E-state index in [1.54, 1.807) is 37.4 Å². The summed E-state index contributed by atoms with van der Waals surface area (Å²) >= 11 is 6.24. The van der Waals surface area contributed by atoms with Gasteiger partial charge in [0.25, 0.3) is 0 Å². The molecule has 2 aromatic carbocycles. The van der Waals surface area contributed by atoms with E-state index in [0.717, 1.165) is 11.3 Å². The summed E-state index contributed by atoms with van der Waals surface area (Å²) in [6.45, 7) is 0.422. The fourth-order valence-corrected chi connectivity index (χ4v) is 4.74. The van der Waals surface area contributed by atoms with Crippen molar-refractivity contribution in [3.8, 4) is 5.75 Å². The van der Waals surface area contributed by atoms with Crippen molar-refractivity contribution in [3.63, 3.8) is 0 Å². The van der Waals surface area contributed by atoms with Gasteiger partial charge in [0, 0.05) is 12.2 Å². The van der Waals surface area contributed by atoms with E-state index in [1.165, 1.54) is 4.31 Å². The number of carbonyl (C=O) groups is 1. The smallest absolute Gasteiger partial charge is 0.235 e. The quantitative estimate of drug-likeness (QED) is 0.845. The fourth-order valence-electron chi connectivity index (χ4n) is 2.83. The van der Waals surface area contributed by atoms with Crippen LogP contribution in [-0.2, 0) is 21.2 Å². The second kappa shape index (κ2) is 7.55. The first-order chi connectivity index (χ1) is 12.4. The Labute approximate surface area is 157 Å². The van der Waals surface area contributed by atoms with Crippen molar-refractivity contribution >= 4 is 38.9 Å². The molecular weight excluding hydrogens is 376 g/mol. The third-order valence-electron chi connectivity index (χ3n) is 4.12. The topological polar surface area (TPSA) is 75.7 Å². The number of sulfonamides is 1. The van der Waals surface area contributed by atoms with E-state index < -0.39 is 10.0 Å². The van der Waals surface area contributed by atoms with Crippen molar-refractivity contribution in [2.45, 2.75) is 12.8 Å². The van der Waals surface area contributed by atoms with Gasteiger partial charge in [-0.1, -0.05) is 23.7 Å². The summed E-state index contributed by atoms with van der Waals surface area (Å²) in [4.78, 5) is 12.2. The molecule has 26 heavy (non-hydrogen) atoms. The standard InChI is InChI=1S/C18H19ClN2O4S/c1-25-15-6-3-13(4-7-15)11-18(22)20-14-5-8-17(16(19)12-14)21-9-2-10-26(21,23)24/h3-8,12H,2,9-11H2,1H3,(H,20,22). The Morgan fingerprint density at radius 1 is 1.23 bits per heavy atom. The number of hydrogen-bond acceptors (Lipinski definition) is 4. The average Bonchev–Trinajstić information content (AvgIpc) is 2.95. The highest BCUT2D eigenvalue weighted by Crippen LogP contribution is 2.33. The van der Waals surface area contributed by atoms with Crippen LogP contribution in [0.25, 0.3) is 0 Å². The van der Waals surface area contributed by atoms with Crippen LogP contribution in [0.2, 0.25) is 5.02 Å². The van der Waals surface area contributed by atoms with Gasteiger partial charge in [-0.25, -0.2) is 8.42 Å². The van der Waals surface area contributed by atoms with E-state index in [0.29, 0.717) is 24.3 Å². The van der Waals surface area contributed by atoms with E-state index in [4.69, 9.17) is 16.3 Å². The van der Waals surface area contributed by atoms with Gasteiger partial charge < -0.3 is 10.1 Å². The van der Waals surface area contributed by atoms with Crippen LogP contribution < -0.4 is 14.4 Å². The second-order valence-corrected chi connectivity index (χ2v) is 8.40. The summed E-state index contributed by atoms with van der Waals surface area (Å²) in [5, 5.41) is 3.07. The molecule has 1 fully saturated rings. The first-order valence-electron chi connectivity index (χ1n) is 8.12. The van der Waals surface area contributed by atoms with Gasteiger partial charge in [0.1, 0.15) is 5.75 Å². The lowest BCUT2D eigenvalue weighted by Gasteiger charge is -2.19. The Morgan fingerprint density at radius 2 is 1.96 bits per heavy atom. The molecule has 138 valence electrons. The molecule has 1 N–H and O–H groups in total. The van der Waals surface area contributed by atoms with E-state index in [1.807, 2.05) is 12.1 Å². The van der Waals surface area contributed by atoms with Crippen LogP contribution in [0.5, 0.6) is 5.75 Å². The number of methoxy groups -OCH3 is 1. The number of hydrogen-bond donors (Lipinski definition) is 1. The molecule has 0 bridgehead atoms. The van der Waals surface area contributed by atoms with E-state index in [2.05, 4.69) is 5.32 Å². The summed E-state index contributed by atoms with van der Waals surface area (Å²) < 4.78 is 30.4. The largest absolute Gasteiger partial charge is 0.497 e. The molecule has 0 unspecified atom stereocenters. The molecule has 0 radical (unpaired) electrons. The van der Waals surface area contributed by atoms with Gasteiger partial charge in [0.2, 0.25) is 15.9 Å². The Kier molecular flexibility index (Phi) is 5.38. The van der Waals surface area contributed by atoms with Crippen LogP contribution in [0.3, 0.4) is 0 Å². The van der Waals surface area contributed by atoms with Crippen LogP contribution in [0.1, 0.15) is 12.0 Å². The summed E-state index contributed by atoms with van der Waals surface area (Å²) in [5.41, 5.74) is 1.82. The van der Waals surface area contributed by atoms with Crippen LogP contribution in [-0.4, -0.2) is 33.7 Å². The van der Waals surface area contributed by atoms with Crippen LogP contribution >= 0.6 is 11.6 Å². The minimum Gasteiger partial charge on any atom is -0.497 e. The lowest BCUT2D eigenvalue weighted by molar-refractivity contribution is -0.115. The van der Waals surface area contributed by atoms with Crippen molar-refractivity contribution in [2.24, 2.45) is 0 Å². The monoisotopic (exact) mass is 394 g/mol. The molecule has 1 amide bonds. The van der Waals surface area contributed by atoms with E-state index in [-0.39, 0.29) is 23.1 Å². The van der Waals surface area contributed by atoms with Crippen LogP contribution in [0, 0.1) is 0 Å². The van der Waals surface area contributed by atoms with Gasteiger partial charge in [0.15, 0.2) is 0 Å². The molecule has 0 saturated carbocycles. The number of benzene rings is 2. The highest BCUT2D eigenvalue weighted by molar-refractivity contribution is 7.93. The zero-order valence-corrected chi connectivity index (χ0v) is 15.8. The Hall–Kier alpha value is -2.25. The molecule has 1 aliphatic heterocycles. The maximum Gasteiger partial charge on any atom is 0.235 e. The van der Waals surface area contributed by atoms with Gasteiger partial charge in [0.05, 0.1) is 30.0 Å². The number of carbonyl (C=O) groups excluding carboxylic acids is 1. The minimum atomic E-state index is -3.29. The molecule has 1 saturated heterocycles. The third-order valence-corrected chi connectivity index (χ3v) is 6.28. The number of anilines is 2. The van der Waals surface area contributed by atoms with Crippen molar-refractivity contribution in [1.29, 1.82) is 0 Å². The molecule has 1 heterocycles. The summed E-state index contributed by atoms with van der Waals surface area (Å²) in [5.74, 6) is 0.671. The van der Waals surface area contributed by atoms with Crippen LogP contribution in [0.4, 0.5) is 11.4 Å². The van der Waals surface area contributed by atoms with Crippen molar-refractivity contribution in [2.75, 3.05) is 29.0 Å². The zero-order chi connectivity index (χ0) is 18.7. The minimum absolute atomic E-state index is 0.129. The molecule has 3 rings (SSSR count).